The first kappa shape index (κ1) is 10.7. The highest BCUT2D eigenvalue weighted by Gasteiger charge is 2.46. The molecule has 1 atom stereocenters. The van der Waals surface area contributed by atoms with Crippen molar-refractivity contribution in [3.05, 3.63) is 16.6 Å². The summed E-state index contributed by atoms with van der Waals surface area (Å²) < 4.78 is 0. The number of hydrogen-bond acceptors (Lipinski definition) is 4. The lowest BCUT2D eigenvalue weighted by Crippen LogP contribution is -2.60. The van der Waals surface area contributed by atoms with Crippen molar-refractivity contribution in [3.63, 3.8) is 0 Å². The van der Waals surface area contributed by atoms with Crippen molar-refractivity contribution in [2.24, 2.45) is 5.92 Å². The standard InChI is InChI=1S/C12H19N3S/c1-12(10-2-3-10)9-13-4-6-15(12)8-11-14-5-7-16-11/h5,7,10,13H,2-4,6,8-9H2,1H3. The van der Waals surface area contributed by atoms with E-state index in [9.17, 15) is 0 Å². The molecular weight excluding hydrogens is 218 g/mol. The molecule has 1 saturated heterocycles. The highest BCUT2D eigenvalue weighted by Crippen LogP contribution is 2.43. The third-order valence-electron chi connectivity index (χ3n) is 4.03. The Morgan fingerprint density at radius 1 is 1.62 bits per heavy atom. The van der Waals surface area contributed by atoms with Crippen LogP contribution < -0.4 is 5.32 Å². The Bertz CT molecular complexity index is 347. The van der Waals surface area contributed by atoms with Crippen LogP contribution >= 0.6 is 11.3 Å². The highest BCUT2D eigenvalue weighted by molar-refractivity contribution is 7.09. The van der Waals surface area contributed by atoms with Crippen LogP contribution in [0, 0.1) is 5.92 Å². The van der Waals surface area contributed by atoms with Crippen molar-refractivity contribution in [1.82, 2.24) is 15.2 Å². The van der Waals surface area contributed by atoms with Crippen molar-refractivity contribution >= 4 is 11.3 Å². The quantitative estimate of drug-likeness (QED) is 0.867. The molecule has 3 rings (SSSR count). The lowest BCUT2D eigenvalue weighted by molar-refractivity contribution is 0.0484. The number of nitrogens with zero attached hydrogens (tertiary/aromatic N) is 2. The summed E-state index contributed by atoms with van der Waals surface area (Å²) in [6.45, 7) is 6.88. The lowest BCUT2D eigenvalue weighted by atomic mass is 9.91. The molecule has 0 amide bonds. The van der Waals surface area contributed by atoms with Crippen molar-refractivity contribution < 1.29 is 0 Å². The average molecular weight is 237 g/mol. The zero-order valence-corrected chi connectivity index (χ0v) is 10.6. The number of aromatic nitrogens is 1. The molecule has 1 unspecified atom stereocenters. The van der Waals surface area contributed by atoms with E-state index in [4.69, 9.17) is 0 Å². The summed E-state index contributed by atoms with van der Waals surface area (Å²) in [5.41, 5.74) is 0.365. The van der Waals surface area contributed by atoms with Gasteiger partial charge in [0.15, 0.2) is 0 Å². The van der Waals surface area contributed by atoms with Crippen LogP contribution in [0.1, 0.15) is 24.8 Å². The van der Waals surface area contributed by atoms with E-state index in [0.29, 0.717) is 5.54 Å². The average Bonchev–Trinajstić information content (AvgIpc) is 3.03. The summed E-state index contributed by atoms with van der Waals surface area (Å²) in [5.74, 6) is 0.903. The molecule has 2 heterocycles. The second kappa shape index (κ2) is 4.09. The van der Waals surface area contributed by atoms with Gasteiger partial charge in [-0.2, -0.15) is 0 Å². The normalized spacial score (nSPS) is 31.8. The largest absolute Gasteiger partial charge is 0.314 e. The smallest absolute Gasteiger partial charge is 0.107 e. The molecule has 2 aliphatic rings. The summed E-state index contributed by atoms with van der Waals surface area (Å²) in [7, 11) is 0. The van der Waals surface area contributed by atoms with Crippen LogP contribution in [0.5, 0.6) is 0 Å². The van der Waals surface area contributed by atoms with Crippen LogP contribution in [0.15, 0.2) is 11.6 Å². The van der Waals surface area contributed by atoms with Crippen LogP contribution in [0.25, 0.3) is 0 Å². The Kier molecular flexibility index (Phi) is 2.73. The topological polar surface area (TPSA) is 28.2 Å². The molecule has 0 radical (unpaired) electrons. The third-order valence-corrected chi connectivity index (χ3v) is 4.79. The van der Waals surface area contributed by atoms with Crippen molar-refractivity contribution in [2.45, 2.75) is 31.8 Å². The van der Waals surface area contributed by atoms with Gasteiger partial charge in [0, 0.05) is 36.8 Å². The van der Waals surface area contributed by atoms with Crippen LogP contribution in [0.2, 0.25) is 0 Å². The zero-order chi connectivity index (χ0) is 11.0. The van der Waals surface area contributed by atoms with Crippen LogP contribution in [0.3, 0.4) is 0 Å². The van der Waals surface area contributed by atoms with Gasteiger partial charge < -0.3 is 5.32 Å². The second-order valence-electron chi connectivity index (χ2n) is 5.16. The van der Waals surface area contributed by atoms with E-state index in [1.54, 1.807) is 11.3 Å². The van der Waals surface area contributed by atoms with E-state index in [0.717, 1.165) is 32.1 Å². The molecule has 1 N–H and O–H groups in total. The number of nitrogens with one attached hydrogen (secondary N) is 1. The molecule has 4 heteroatoms. The first-order chi connectivity index (χ1) is 7.79. The van der Waals surface area contributed by atoms with E-state index in [1.807, 2.05) is 6.20 Å². The fraction of sp³-hybridized carbons (Fsp3) is 0.750. The summed E-state index contributed by atoms with van der Waals surface area (Å²) in [4.78, 5) is 7.05. The first-order valence-electron chi connectivity index (χ1n) is 6.13. The fourth-order valence-corrected chi connectivity index (χ4v) is 3.42. The van der Waals surface area contributed by atoms with E-state index in [1.165, 1.54) is 17.8 Å². The maximum absolute atomic E-state index is 4.41. The molecule has 1 aliphatic carbocycles. The SMILES string of the molecule is CC1(C2CC2)CNCCN1Cc1nccs1. The molecule has 1 aromatic heterocycles. The maximum atomic E-state index is 4.41. The molecule has 2 fully saturated rings. The Morgan fingerprint density at radius 3 is 3.19 bits per heavy atom. The van der Waals surface area contributed by atoms with E-state index < -0.39 is 0 Å². The van der Waals surface area contributed by atoms with Crippen molar-refractivity contribution in [2.75, 3.05) is 19.6 Å². The van der Waals surface area contributed by atoms with Gasteiger partial charge in [-0.3, -0.25) is 4.90 Å². The molecule has 88 valence electrons. The summed E-state index contributed by atoms with van der Waals surface area (Å²) in [6.07, 6.45) is 4.73. The van der Waals surface area contributed by atoms with Gasteiger partial charge in [0.2, 0.25) is 0 Å². The summed E-state index contributed by atoms with van der Waals surface area (Å²) in [6, 6.07) is 0. The minimum atomic E-state index is 0.365. The summed E-state index contributed by atoms with van der Waals surface area (Å²) >= 11 is 1.78. The Morgan fingerprint density at radius 2 is 2.50 bits per heavy atom. The Labute approximate surface area is 101 Å². The molecule has 16 heavy (non-hydrogen) atoms. The van der Waals surface area contributed by atoms with Crippen LogP contribution in [-0.4, -0.2) is 35.1 Å². The number of hydrogen-bond donors (Lipinski definition) is 1. The van der Waals surface area contributed by atoms with Crippen LogP contribution in [-0.2, 0) is 6.54 Å². The zero-order valence-electron chi connectivity index (χ0n) is 9.78. The predicted molar refractivity (Wildman–Crippen MR) is 66.5 cm³/mol. The van der Waals surface area contributed by atoms with Gasteiger partial charge in [-0.1, -0.05) is 0 Å². The molecule has 0 bridgehead atoms. The Hall–Kier alpha value is -0.450. The number of rotatable bonds is 3. The lowest BCUT2D eigenvalue weighted by Gasteiger charge is -2.45. The molecule has 1 aromatic rings. The van der Waals surface area contributed by atoms with Gasteiger partial charge in [-0.15, -0.1) is 11.3 Å². The monoisotopic (exact) mass is 237 g/mol. The summed E-state index contributed by atoms with van der Waals surface area (Å²) in [5, 5.41) is 6.88. The molecule has 3 nitrogen and oxygen atoms in total. The molecule has 1 aliphatic heterocycles. The third kappa shape index (κ3) is 1.90. The first-order valence-corrected chi connectivity index (χ1v) is 7.01. The highest BCUT2D eigenvalue weighted by atomic mass is 32.1. The van der Waals surface area contributed by atoms with Gasteiger partial charge in [0.1, 0.15) is 5.01 Å². The van der Waals surface area contributed by atoms with Gasteiger partial charge in [-0.05, 0) is 25.7 Å². The van der Waals surface area contributed by atoms with E-state index >= 15 is 0 Å². The second-order valence-corrected chi connectivity index (χ2v) is 6.13. The van der Waals surface area contributed by atoms with Crippen LogP contribution in [0.4, 0.5) is 0 Å². The molecule has 0 aromatic carbocycles. The molecular formula is C12H19N3S. The minimum absolute atomic E-state index is 0.365. The molecule has 0 spiro atoms. The van der Waals surface area contributed by atoms with Gasteiger partial charge in [0.05, 0.1) is 6.54 Å². The Balaban J connectivity index is 1.75. The number of piperazine rings is 1. The fourth-order valence-electron chi connectivity index (χ4n) is 2.78. The minimum Gasteiger partial charge on any atom is -0.314 e. The maximum Gasteiger partial charge on any atom is 0.107 e. The van der Waals surface area contributed by atoms with Gasteiger partial charge in [0.25, 0.3) is 0 Å². The van der Waals surface area contributed by atoms with E-state index in [2.05, 4.69) is 27.5 Å². The van der Waals surface area contributed by atoms with E-state index in [-0.39, 0.29) is 0 Å². The van der Waals surface area contributed by atoms with Crippen molar-refractivity contribution in [3.8, 4) is 0 Å². The number of thiazole rings is 1. The predicted octanol–water partition coefficient (Wildman–Crippen LogP) is 1.72. The van der Waals surface area contributed by atoms with Gasteiger partial charge in [-0.25, -0.2) is 4.98 Å². The van der Waals surface area contributed by atoms with Gasteiger partial charge >= 0.3 is 0 Å². The van der Waals surface area contributed by atoms with Crippen molar-refractivity contribution in [1.29, 1.82) is 0 Å². The molecule has 1 saturated carbocycles.